The van der Waals surface area contributed by atoms with Gasteiger partial charge < -0.3 is 18.3 Å². The van der Waals surface area contributed by atoms with E-state index in [-0.39, 0.29) is 7.43 Å². The quantitative estimate of drug-likeness (QED) is 0.108. The molecule has 0 fully saturated rings. The summed E-state index contributed by atoms with van der Waals surface area (Å²) >= 11 is 0. The first kappa shape index (κ1) is 74.5. The molecule has 125 heavy (non-hydrogen) atoms. The molecule has 588 valence electrons. The molecule has 18 aromatic carbocycles. The normalized spacial score (nSPS) is 11.5. The van der Waals surface area contributed by atoms with Gasteiger partial charge >= 0.3 is 0 Å². The van der Waals surface area contributed by atoms with E-state index in [9.17, 15) is 0 Å². The van der Waals surface area contributed by atoms with Crippen molar-refractivity contribution in [2.24, 2.45) is 0 Å². The Hall–Kier alpha value is -16.8. The Morgan fingerprint density at radius 2 is 0.352 bits per heavy atom. The molecule has 0 radical (unpaired) electrons. The highest BCUT2D eigenvalue weighted by Crippen LogP contribution is 2.44. The molecule has 0 saturated carbocycles. The number of benzene rings is 18. The lowest BCUT2D eigenvalue weighted by Gasteiger charge is -2.12. The molecule has 0 aliphatic rings. The van der Waals surface area contributed by atoms with Crippen LogP contribution >= 0.6 is 0 Å². The zero-order chi connectivity index (χ0) is 82.0. The molecule has 0 aliphatic carbocycles. The number of fused-ring (bicyclic) bond motifs is 12. The Labute approximate surface area is 723 Å². The van der Waals surface area contributed by atoms with Crippen molar-refractivity contribution in [2.45, 2.75) is 7.43 Å². The molecule has 0 amide bonds. The van der Waals surface area contributed by atoms with Crippen LogP contribution in [-0.2, 0) is 0 Å². The van der Waals surface area contributed by atoms with E-state index in [1.54, 1.807) is 0 Å². The lowest BCUT2D eigenvalue weighted by molar-refractivity contribution is 1.07. The third-order valence-corrected chi connectivity index (χ3v) is 24.1. The number of nitrogens with zero attached hydrogens (tertiary/aromatic N) is 9. The van der Waals surface area contributed by atoms with E-state index in [4.69, 9.17) is 24.9 Å². The van der Waals surface area contributed by atoms with E-state index in [0.29, 0.717) is 23.3 Å². The largest absolute Gasteiger partial charge is 0.309 e. The van der Waals surface area contributed by atoms with Crippen molar-refractivity contribution in [1.82, 2.24) is 43.2 Å². The summed E-state index contributed by atoms with van der Waals surface area (Å²) in [6.45, 7) is 0. The molecule has 0 atom stereocenters. The smallest absolute Gasteiger partial charge is 0.164 e. The van der Waals surface area contributed by atoms with E-state index >= 15 is 0 Å². The molecule has 0 aliphatic heterocycles. The topological polar surface area (TPSA) is 84.2 Å². The van der Waals surface area contributed by atoms with Crippen LogP contribution in [-0.4, -0.2) is 43.2 Å². The number of para-hydroxylation sites is 4. The van der Waals surface area contributed by atoms with Gasteiger partial charge in [-0.3, -0.25) is 0 Å². The molecular formula is C116H79N9. The Kier molecular flexibility index (Phi) is 18.9. The van der Waals surface area contributed by atoms with Crippen molar-refractivity contribution < 1.29 is 0 Å². The van der Waals surface area contributed by atoms with Gasteiger partial charge in [0.25, 0.3) is 0 Å². The van der Waals surface area contributed by atoms with Gasteiger partial charge in [-0.05, 0) is 172 Å². The predicted molar refractivity (Wildman–Crippen MR) is 520 cm³/mol. The van der Waals surface area contributed by atoms with E-state index < -0.39 is 0 Å². The third-order valence-electron chi connectivity index (χ3n) is 24.1. The van der Waals surface area contributed by atoms with Crippen LogP contribution in [0.5, 0.6) is 0 Å². The van der Waals surface area contributed by atoms with Crippen LogP contribution in [0.3, 0.4) is 0 Å². The highest BCUT2D eigenvalue weighted by molar-refractivity contribution is 6.15. The second-order valence-corrected chi connectivity index (χ2v) is 31.5. The maximum Gasteiger partial charge on any atom is 0.164 e. The fourth-order valence-corrected chi connectivity index (χ4v) is 18.2. The second kappa shape index (κ2) is 31.8. The Morgan fingerprint density at radius 3 is 0.664 bits per heavy atom. The Balaban J connectivity index is 0.000000147. The molecule has 0 saturated heterocycles. The molecule has 0 bridgehead atoms. The first-order valence-electron chi connectivity index (χ1n) is 42.0. The van der Waals surface area contributed by atoms with Crippen LogP contribution in [0, 0.1) is 0 Å². The summed E-state index contributed by atoms with van der Waals surface area (Å²) in [6.07, 6.45) is 0. The summed E-state index contributed by atoms with van der Waals surface area (Å²) in [5.74, 6) is 2.61. The minimum Gasteiger partial charge on any atom is -0.309 e. The maximum absolute atomic E-state index is 5.14. The predicted octanol–water partition coefficient (Wildman–Crippen LogP) is 30.0. The fraction of sp³-hybridized carbons (Fsp3) is 0.00862. The van der Waals surface area contributed by atoms with Crippen LogP contribution < -0.4 is 0 Å². The Morgan fingerprint density at radius 1 is 0.128 bits per heavy atom. The van der Waals surface area contributed by atoms with E-state index in [1.807, 2.05) is 72.8 Å². The van der Waals surface area contributed by atoms with Crippen LogP contribution in [0.25, 0.3) is 223 Å². The van der Waals surface area contributed by atoms with Crippen molar-refractivity contribution in [3.05, 3.63) is 455 Å². The van der Waals surface area contributed by atoms with Gasteiger partial charge in [-0.2, -0.15) is 0 Å². The zero-order valence-electron chi connectivity index (χ0n) is 67.3. The van der Waals surface area contributed by atoms with Crippen LogP contribution in [0.4, 0.5) is 0 Å². The van der Waals surface area contributed by atoms with Crippen molar-refractivity contribution in [3.8, 4) is 135 Å². The minimum atomic E-state index is 0. The number of hydrogen-bond donors (Lipinski definition) is 0. The molecule has 6 heterocycles. The minimum absolute atomic E-state index is 0. The van der Waals surface area contributed by atoms with Crippen LogP contribution in [0.2, 0.25) is 0 Å². The van der Waals surface area contributed by atoms with Gasteiger partial charge in [-0.25, -0.2) is 24.9 Å². The number of aromatic nitrogens is 9. The zero-order valence-corrected chi connectivity index (χ0v) is 67.3. The van der Waals surface area contributed by atoms with Gasteiger partial charge in [0.15, 0.2) is 23.3 Å². The molecule has 24 aromatic rings. The Bertz CT molecular complexity index is 7580. The second-order valence-electron chi connectivity index (χ2n) is 31.5. The van der Waals surface area contributed by atoms with Crippen molar-refractivity contribution >= 4 is 87.2 Å². The van der Waals surface area contributed by atoms with Crippen LogP contribution in [0.15, 0.2) is 455 Å². The van der Waals surface area contributed by atoms with Gasteiger partial charge in [0, 0.05) is 99.2 Å². The summed E-state index contributed by atoms with van der Waals surface area (Å²) in [5, 5.41) is 9.75. The SMILES string of the molecule is C.c1ccc(-c2ccc(-n3c4ccccc4c4cc(-c5ccc6c(c5)c5ccccc5n6-c5cccc(-c6nc(-c7ccccc7)cc(-c7ccccc7)n6)c5)ccc43)cc2)cc1.c1ccc(-c2ccc(-n3c4ccccc4c4cc(-c5ccc6c(c5)c5ccccc5n6-c5cccc(-c6nc(-c7ccccc7)nc(-c7ccccc7)n6)c5)ccc43)cc2)cc1. The molecule has 0 spiro atoms. The molecular weight excluding hydrogens is 1520 g/mol. The molecule has 0 N–H and O–H groups in total. The maximum atomic E-state index is 5.14. The summed E-state index contributed by atoms with van der Waals surface area (Å²) in [7, 11) is 0. The average molecular weight is 1600 g/mol. The first-order chi connectivity index (χ1) is 61.5. The summed E-state index contributed by atoms with van der Waals surface area (Å²) in [5.41, 5.74) is 31.0. The van der Waals surface area contributed by atoms with Gasteiger partial charge in [0.1, 0.15) is 0 Å². The molecule has 9 nitrogen and oxygen atoms in total. The van der Waals surface area contributed by atoms with Crippen LogP contribution in [0.1, 0.15) is 7.43 Å². The summed E-state index contributed by atoms with van der Waals surface area (Å²) < 4.78 is 9.50. The standard InChI is InChI=1S/C58H38N4.C57H37N5.CH4/c1-4-15-39(16-5-1)40-27-31-46(32-28-40)61-54-25-12-10-23-48(54)50-36-43(29-33-56(50)61)44-30-34-57-51(37-44)49-24-11-13-26-55(49)62(57)47-22-14-21-45(35-47)58-59-52(41-17-6-2-7-18-41)38-53(60-58)42-19-8-3-9-20-42;1-4-15-38(16-5-1)39-27-31-45(32-28-39)61-51-25-12-10-23-47(51)49-36-42(29-33-53(49)61)43-30-34-54-50(37-43)48-24-11-13-26-52(48)62(54)46-22-14-21-44(35-46)57-59-55(40-17-6-2-7-18-40)58-56(60-57)41-19-8-3-9-20-41;/h1-38H;1-37H;1H4. The van der Waals surface area contributed by atoms with E-state index in [2.05, 4.69) is 400 Å². The van der Waals surface area contributed by atoms with Gasteiger partial charge in [0.05, 0.1) is 55.5 Å². The van der Waals surface area contributed by atoms with Gasteiger partial charge in [-0.15, -0.1) is 0 Å². The fourth-order valence-electron chi connectivity index (χ4n) is 18.2. The van der Waals surface area contributed by atoms with E-state index in [1.165, 1.54) is 110 Å². The average Bonchev–Trinajstić information content (AvgIpc) is 1.59. The van der Waals surface area contributed by atoms with Gasteiger partial charge in [0.2, 0.25) is 0 Å². The molecule has 24 rings (SSSR count). The van der Waals surface area contributed by atoms with Crippen molar-refractivity contribution in [2.75, 3.05) is 0 Å². The summed E-state index contributed by atoms with van der Waals surface area (Å²) in [6, 6.07) is 162. The van der Waals surface area contributed by atoms with Crippen molar-refractivity contribution in [1.29, 1.82) is 0 Å². The van der Waals surface area contributed by atoms with Crippen molar-refractivity contribution in [3.63, 3.8) is 0 Å². The molecule has 0 unspecified atom stereocenters. The number of rotatable bonds is 14. The lowest BCUT2D eigenvalue weighted by atomic mass is 10.0. The van der Waals surface area contributed by atoms with Gasteiger partial charge in [-0.1, -0.05) is 335 Å². The highest BCUT2D eigenvalue weighted by atomic mass is 15.0. The summed E-state index contributed by atoms with van der Waals surface area (Å²) in [4.78, 5) is 25.3. The monoisotopic (exact) mass is 1600 g/mol. The highest BCUT2D eigenvalue weighted by Gasteiger charge is 2.23. The van der Waals surface area contributed by atoms with E-state index in [0.717, 1.165) is 89.6 Å². The third kappa shape index (κ3) is 13.6. The molecule has 6 aromatic heterocycles. The first-order valence-corrected chi connectivity index (χ1v) is 42.0. The lowest BCUT2D eigenvalue weighted by Crippen LogP contribution is -2.01. The number of hydrogen-bond acceptors (Lipinski definition) is 5. The molecule has 9 heteroatoms.